The molecular weight excluding hydrogens is 438 g/mol. The summed E-state index contributed by atoms with van der Waals surface area (Å²) in [6, 6.07) is 5.93. The molecule has 2 amide bonds. The van der Waals surface area contributed by atoms with Crippen LogP contribution >= 0.6 is 11.3 Å². The zero-order valence-corrected chi connectivity index (χ0v) is 19.8. The number of fused-ring (bicyclic) bond motifs is 1. The number of methoxy groups -OCH3 is 1. The summed E-state index contributed by atoms with van der Waals surface area (Å²) in [6.45, 7) is 6.15. The Morgan fingerprint density at radius 3 is 2.61 bits per heavy atom. The van der Waals surface area contributed by atoms with Crippen LogP contribution in [0, 0.1) is 12.8 Å². The van der Waals surface area contributed by atoms with Gasteiger partial charge in [0.1, 0.15) is 11.5 Å². The molecule has 8 nitrogen and oxygen atoms in total. The minimum absolute atomic E-state index is 0.425. The lowest BCUT2D eigenvalue weighted by atomic mass is 9.99. The molecular formula is C21H29N3O5S2. The van der Waals surface area contributed by atoms with Gasteiger partial charge < -0.3 is 14.2 Å². The molecule has 0 radical (unpaired) electrons. The summed E-state index contributed by atoms with van der Waals surface area (Å²) < 4.78 is 32.9. The van der Waals surface area contributed by atoms with Crippen LogP contribution in [0.15, 0.2) is 23.2 Å². The molecule has 3 rings (SSSR count). The predicted molar refractivity (Wildman–Crippen MR) is 121 cm³/mol. The third-order valence-electron chi connectivity index (χ3n) is 5.40. The summed E-state index contributed by atoms with van der Waals surface area (Å²) in [7, 11) is -2.30. The van der Waals surface area contributed by atoms with Gasteiger partial charge in [0.15, 0.2) is 14.6 Å². The van der Waals surface area contributed by atoms with Gasteiger partial charge in [-0.1, -0.05) is 24.3 Å². The van der Waals surface area contributed by atoms with Gasteiger partial charge in [0.2, 0.25) is 5.91 Å². The first-order valence-corrected chi connectivity index (χ1v) is 13.0. The summed E-state index contributed by atoms with van der Waals surface area (Å²) in [5, 5.41) is 0. The number of benzene rings is 1. The number of carbonyl (C=O) groups is 2. The van der Waals surface area contributed by atoms with Crippen LogP contribution in [0.3, 0.4) is 0 Å². The molecule has 0 aliphatic carbocycles. The second kappa shape index (κ2) is 10.1. The van der Waals surface area contributed by atoms with Gasteiger partial charge >= 0.3 is 0 Å². The summed E-state index contributed by atoms with van der Waals surface area (Å²) in [6.07, 6.45) is 1.74. The Hall–Kier alpha value is -2.04. The van der Waals surface area contributed by atoms with Crippen LogP contribution in [0.2, 0.25) is 0 Å². The quantitative estimate of drug-likeness (QED) is 0.618. The highest BCUT2D eigenvalue weighted by molar-refractivity contribution is 7.92. The topological polar surface area (TPSA) is 98.0 Å². The summed E-state index contributed by atoms with van der Waals surface area (Å²) in [5.41, 5.74) is 2.00. The number of hydrogen-bond acceptors (Lipinski definition) is 6. The number of amides is 2. The fraction of sp³-hybridized carbons (Fsp3) is 0.571. The van der Waals surface area contributed by atoms with E-state index < -0.39 is 33.2 Å². The van der Waals surface area contributed by atoms with Gasteiger partial charge in [0.05, 0.1) is 16.8 Å². The van der Waals surface area contributed by atoms with E-state index in [0.717, 1.165) is 28.6 Å². The maximum absolute atomic E-state index is 12.5. The molecule has 1 aliphatic rings. The van der Waals surface area contributed by atoms with Crippen molar-refractivity contribution in [3.63, 3.8) is 0 Å². The number of aromatic nitrogens is 1. The molecule has 170 valence electrons. The molecule has 2 aromatic rings. The van der Waals surface area contributed by atoms with Crippen molar-refractivity contribution in [3.05, 3.63) is 28.6 Å². The molecule has 1 fully saturated rings. The van der Waals surface area contributed by atoms with E-state index in [0.29, 0.717) is 37.0 Å². The molecule has 10 heteroatoms. The highest BCUT2D eigenvalue weighted by Gasteiger charge is 2.26. The number of hydrogen-bond donors (Lipinski definition) is 0. The second-order valence-electron chi connectivity index (χ2n) is 8.10. The number of ether oxygens (including phenoxy) is 1. The lowest BCUT2D eigenvalue weighted by Gasteiger charge is -2.30. The minimum Gasteiger partial charge on any atom is -0.383 e. The van der Waals surface area contributed by atoms with Gasteiger partial charge in [-0.2, -0.15) is 4.99 Å². The van der Waals surface area contributed by atoms with Crippen molar-refractivity contribution < 1.29 is 22.7 Å². The van der Waals surface area contributed by atoms with Gasteiger partial charge in [-0.3, -0.25) is 9.59 Å². The average Bonchev–Trinajstić information content (AvgIpc) is 3.01. The maximum atomic E-state index is 12.5. The van der Waals surface area contributed by atoms with Gasteiger partial charge in [0.25, 0.3) is 5.91 Å². The molecule has 1 aliphatic heterocycles. The molecule has 0 N–H and O–H groups in total. The number of nitrogens with zero attached hydrogens (tertiary/aromatic N) is 3. The third-order valence-corrected chi connectivity index (χ3v) is 7.82. The van der Waals surface area contributed by atoms with Crippen LogP contribution in [-0.4, -0.2) is 68.0 Å². The number of piperidine rings is 1. The van der Waals surface area contributed by atoms with Crippen LogP contribution in [0.25, 0.3) is 10.2 Å². The van der Waals surface area contributed by atoms with E-state index in [2.05, 4.69) is 11.9 Å². The molecule has 0 saturated carbocycles. The SMILES string of the molecule is COCCn1c(=NC(=O)CS(=O)(=O)CC(=O)N2CCC(C)CC2)sc2cc(C)ccc21. The second-order valence-corrected chi connectivity index (χ2v) is 11.2. The van der Waals surface area contributed by atoms with Crippen molar-refractivity contribution in [2.24, 2.45) is 10.9 Å². The Kier molecular flexibility index (Phi) is 7.66. The van der Waals surface area contributed by atoms with Gasteiger partial charge in [-0.05, 0) is 43.4 Å². The fourth-order valence-electron chi connectivity index (χ4n) is 3.58. The van der Waals surface area contributed by atoms with Gasteiger partial charge in [-0.25, -0.2) is 8.42 Å². The first-order valence-electron chi connectivity index (χ1n) is 10.3. The average molecular weight is 468 g/mol. The van der Waals surface area contributed by atoms with Crippen LogP contribution in [0.4, 0.5) is 0 Å². The number of thiazole rings is 1. The molecule has 0 spiro atoms. The summed E-state index contributed by atoms with van der Waals surface area (Å²) in [5.74, 6) is -2.10. The van der Waals surface area contributed by atoms with Crippen molar-refractivity contribution in [2.75, 3.05) is 38.3 Å². The van der Waals surface area contributed by atoms with E-state index in [9.17, 15) is 18.0 Å². The largest absolute Gasteiger partial charge is 0.383 e. The zero-order valence-electron chi connectivity index (χ0n) is 18.2. The monoisotopic (exact) mass is 467 g/mol. The number of likely N-dealkylation sites (tertiary alicyclic amines) is 1. The lowest BCUT2D eigenvalue weighted by Crippen LogP contribution is -2.41. The highest BCUT2D eigenvalue weighted by atomic mass is 32.2. The van der Waals surface area contributed by atoms with E-state index in [1.807, 2.05) is 29.7 Å². The number of carbonyl (C=O) groups excluding carboxylic acids is 2. The van der Waals surface area contributed by atoms with Crippen molar-refractivity contribution in [1.82, 2.24) is 9.47 Å². The molecule has 0 bridgehead atoms. The van der Waals surface area contributed by atoms with E-state index in [-0.39, 0.29) is 0 Å². The standard InChI is InChI=1S/C21H29N3O5S2/c1-15-6-8-23(9-7-15)20(26)14-31(27,28)13-19(25)22-21-24(10-11-29-3)17-5-4-16(2)12-18(17)30-21/h4-5,12,15H,6-11,13-14H2,1-3H3. The molecule has 0 unspecified atom stereocenters. The van der Waals surface area contributed by atoms with Crippen LogP contribution in [0.5, 0.6) is 0 Å². The zero-order chi connectivity index (χ0) is 22.6. The van der Waals surface area contributed by atoms with E-state index >= 15 is 0 Å². The number of sulfone groups is 1. The Labute approximate surface area is 186 Å². The molecule has 2 heterocycles. The summed E-state index contributed by atoms with van der Waals surface area (Å²) >= 11 is 1.33. The summed E-state index contributed by atoms with van der Waals surface area (Å²) in [4.78, 5) is 30.9. The number of rotatable bonds is 7. The maximum Gasteiger partial charge on any atom is 0.263 e. The number of aryl methyl sites for hydroxylation is 1. The molecule has 0 atom stereocenters. The lowest BCUT2D eigenvalue weighted by molar-refractivity contribution is -0.129. The first-order chi connectivity index (χ1) is 14.7. The molecule has 1 aromatic heterocycles. The normalized spacial score (nSPS) is 16.2. The Bertz CT molecular complexity index is 1130. The fourth-order valence-corrected chi connectivity index (χ4v) is 5.85. The Morgan fingerprint density at radius 2 is 1.94 bits per heavy atom. The van der Waals surface area contributed by atoms with Crippen LogP contribution in [-0.2, 0) is 30.7 Å². The van der Waals surface area contributed by atoms with E-state index in [1.54, 1.807) is 12.0 Å². The predicted octanol–water partition coefficient (Wildman–Crippen LogP) is 1.76. The van der Waals surface area contributed by atoms with Crippen molar-refractivity contribution >= 4 is 43.2 Å². The van der Waals surface area contributed by atoms with Crippen molar-refractivity contribution in [1.29, 1.82) is 0 Å². The first kappa shape index (κ1) is 23.6. The Balaban J connectivity index is 1.76. The van der Waals surface area contributed by atoms with Crippen LogP contribution in [0.1, 0.15) is 25.3 Å². The van der Waals surface area contributed by atoms with Gasteiger partial charge in [0, 0.05) is 26.7 Å². The molecule has 31 heavy (non-hydrogen) atoms. The van der Waals surface area contributed by atoms with E-state index in [1.165, 1.54) is 11.3 Å². The molecule has 1 aromatic carbocycles. The van der Waals surface area contributed by atoms with Crippen LogP contribution < -0.4 is 4.80 Å². The van der Waals surface area contributed by atoms with E-state index in [4.69, 9.17) is 4.74 Å². The molecule has 1 saturated heterocycles. The third kappa shape index (κ3) is 6.24. The minimum atomic E-state index is -3.89. The Morgan fingerprint density at radius 1 is 1.23 bits per heavy atom. The smallest absolute Gasteiger partial charge is 0.263 e. The highest BCUT2D eigenvalue weighted by Crippen LogP contribution is 2.19. The van der Waals surface area contributed by atoms with Crippen molar-refractivity contribution in [3.8, 4) is 0 Å². The van der Waals surface area contributed by atoms with Crippen molar-refractivity contribution in [2.45, 2.75) is 33.2 Å². The van der Waals surface area contributed by atoms with Gasteiger partial charge in [-0.15, -0.1) is 0 Å².